The Bertz CT molecular complexity index is 1030. The van der Waals surface area contributed by atoms with Gasteiger partial charge in [0.15, 0.2) is 0 Å². The first kappa shape index (κ1) is 18.0. The molecule has 26 heavy (non-hydrogen) atoms. The molecule has 0 spiro atoms. The molecule has 0 aliphatic heterocycles. The van der Waals surface area contributed by atoms with Crippen LogP contribution in [-0.2, 0) is 0 Å². The quantitative estimate of drug-likeness (QED) is 0.654. The lowest BCUT2D eigenvalue weighted by molar-refractivity contribution is 0.102. The number of hydrogen-bond donors (Lipinski definition) is 1. The molecule has 0 bridgehead atoms. The third-order valence-corrected chi connectivity index (χ3v) is 4.11. The fourth-order valence-electron chi connectivity index (χ4n) is 2.48. The van der Waals surface area contributed by atoms with Gasteiger partial charge < -0.3 is 14.5 Å². The van der Waals surface area contributed by atoms with Crippen LogP contribution in [0.15, 0.2) is 51.7 Å². The van der Waals surface area contributed by atoms with Crippen molar-refractivity contribution in [1.82, 2.24) is 0 Å². The Morgan fingerprint density at radius 2 is 2.00 bits per heavy atom. The number of aryl methyl sites for hydroxylation is 1. The molecule has 134 valence electrons. The first-order chi connectivity index (χ1) is 12.5. The van der Waals surface area contributed by atoms with Crippen LogP contribution in [0.3, 0.4) is 0 Å². The Balaban J connectivity index is 1.92. The van der Waals surface area contributed by atoms with Gasteiger partial charge in [-0.3, -0.25) is 4.79 Å². The van der Waals surface area contributed by atoms with E-state index in [1.54, 1.807) is 36.4 Å². The number of hydrogen-bond acceptors (Lipinski definition) is 4. The highest BCUT2D eigenvalue weighted by atomic mass is 35.5. The van der Waals surface area contributed by atoms with Crippen LogP contribution in [0.4, 0.5) is 5.69 Å². The monoisotopic (exact) mass is 371 g/mol. The number of benzene rings is 2. The zero-order valence-corrected chi connectivity index (χ0v) is 15.2. The number of carbonyl (C=O) groups excluding carboxylic acids is 1. The highest BCUT2D eigenvalue weighted by molar-refractivity contribution is 6.31. The summed E-state index contributed by atoms with van der Waals surface area (Å²) in [6, 6.07) is 11.9. The number of halogens is 1. The predicted octanol–water partition coefficient (Wildman–Crippen LogP) is 4.80. The second kappa shape index (κ2) is 7.62. The van der Waals surface area contributed by atoms with Gasteiger partial charge >= 0.3 is 5.63 Å². The van der Waals surface area contributed by atoms with E-state index in [4.69, 9.17) is 20.8 Å². The molecule has 1 amide bonds. The van der Waals surface area contributed by atoms with Gasteiger partial charge in [-0.1, -0.05) is 24.6 Å². The van der Waals surface area contributed by atoms with Gasteiger partial charge in [-0.05, 0) is 49.2 Å². The summed E-state index contributed by atoms with van der Waals surface area (Å²) in [6.07, 6.45) is 0.879. The summed E-state index contributed by atoms with van der Waals surface area (Å²) < 4.78 is 10.8. The van der Waals surface area contributed by atoms with Crippen molar-refractivity contribution < 1.29 is 13.9 Å². The number of carbonyl (C=O) groups is 1. The highest BCUT2D eigenvalue weighted by Crippen LogP contribution is 2.23. The van der Waals surface area contributed by atoms with Crippen molar-refractivity contribution in [3.63, 3.8) is 0 Å². The van der Waals surface area contributed by atoms with Crippen LogP contribution in [0.1, 0.15) is 29.3 Å². The number of ether oxygens (including phenoxy) is 1. The van der Waals surface area contributed by atoms with Crippen LogP contribution >= 0.6 is 11.6 Å². The first-order valence-corrected chi connectivity index (χ1v) is 8.64. The summed E-state index contributed by atoms with van der Waals surface area (Å²) in [5.41, 5.74) is 0.983. The average molecular weight is 372 g/mol. The molecule has 0 atom stereocenters. The minimum atomic E-state index is -0.706. The van der Waals surface area contributed by atoms with Crippen molar-refractivity contribution >= 4 is 34.2 Å². The first-order valence-electron chi connectivity index (χ1n) is 8.26. The average Bonchev–Trinajstić information content (AvgIpc) is 2.62. The third-order valence-electron chi connectivity index (χ3n) is 3.87. The van der Waals surface area contributed by atoms with Crippen molar-refractivity contribution in [1.29, 1.82) is 0 Å². The van der Waals surface area contributed by atoms with E-state index in [1.165, 1.54) is 6.07 Å². The van der Waals surface area contributed by atoms with Crippen LogP contribution in [0, 0.1) is 6.92 Å². The molecule has 5 nitrogen and oxygen atoms in total. The molecule has 0 fully saturated rings. The zero-order valence-electron chi connectivity index (χ0n) is 14.5. The summed E-state index contributed by atoms with van der Waals surface area (Å²) in [6.45, 7) is 4.43. The maximum Gasteiger partial charge on any atom is 0.349 e. The van der Waals surface area contributed by atoms with Gasteiger partial charge in [0, 0.05) is 22.2 Å². The number of anilines is 1. The molecule has 6 heteroatoms. The lowest BCUT2D eigenvalue weighted by Gasteiger charge is -2.09. The smallest absolute Gasteiger partial charge is 0.349 e. The highest BCUT2D eigenvalue weighted by Gasteiger charge is 2.15. The number of nitrogens with one attached hydrogen (secondary N) is 1. The molecule has 0 saturated carbocycles. The van der Waals surface area contributed by atoms with Crippen LogP contribution in [0.5, 0.6) is 5.75 Å². The fourth-order valence-corrected chi connectivity index (χ4v) is 2.65. The maximum absolute atomic E-state index is 12.5. The van der Waals surface area contributed by atoms with Gasteiger partial charge in [-0.2, -0.15) is 0 Å². The van der Waals surface area contributed by atoms with Crippen molar-refractivity contribution in [2.24, 2.45) is 0 Å². The molecule has 0 unspecified atom stereocenters. The van der Waals surface area contributed by atoms with Crippen molar-refractivity contribution in [2.45, 2.75) is 20.3 Å². The van der Waals surface area contributed by atoms with Gasteiger partial charge in [0.25, 0.3) is 5.91 Å². The van der Waals surface area contributed by atoms with Gasteiger partial charge in [0.2, 0.25) is 0 Å². The van der Waals surface area contributed by atoms with Crippen LogP contribution in [0.25, 0.3) is 11.0 Å². The van der Waals surface area contributed by atoms with Crippen molar-refractivity contribution in [3.05, 3.63) is 69.0 Å². The van der Waals surface area contributed by atoms with E-state index in [0.29, 0.717) is 34.0 Å². The van der Waals surface area contributed by atoms with E-state index in [0.717, 1.165) is 12.0 Å². The Labute approximate surface area is 155 Å². The molecule has 0 saturated heterocycles. The molecule has 0 aliphatic carbocycles. The van der Waals surface area contributed by atoms with E-state index in [2.05, 4.69) is 5.32 Å². The summed E-state index contributed by atoms with van der Waals surface area (Å²) in [4.78, 5) is 24.8. The molecule has 3 rings (SSSR count). The predicted molar refractivity (Wildman–Crippen MR) is 102 cm³/mol. The number of rotatable bonds is 5. The standard InChI is InChI=1S/C20H18ClNO4/c1-3-8-25-15-7-5-13-9-16(20(24)26-18(13)11-15)19(23)22-17-10-14(21)6-4-12(17)2/h4-7,9-11H,3,8H2,1-2H3,(H,22,23). The molecule has 1 N–H and O–H groups in total. The van der Waals surface area contributed by atoms with Crippen LogP contribution < -0.4 is 15.7 Å². The second-order valence-corrected chi connectivity index (χ2v) is 6.35. The minimum absolute atomic E-state index is 0.0703. The summed E-state index contributed by atoms with van der Waals surface area (Å²) in [7, 11) is 0. The molecular weight excluding hydrogens is 354 g/mol. The molecule has 1 aromatic heterocycles. The van der Waals surface area contributed by atoms with E-state index in [9.17, 15) is 9.59 Å². The third kappa shape index (κ3) is 3.89. The van der Waals surface area contributed by atoms with Gasteiger partial charge in [-0.15, -0.1) is 0 Å². The van der Waals surface area contributed by atoms with E-state index in [-0.39, 0.29) is 5.56 Å². The Morgan fingerprint density at radius 1 is 1.19 bits per heavy atom. The lowest BCUT2D eigenvalue weighted by atomic mass is 10.1. The van der Waals surface area contributed by atoms with Crippen LogP contribution in [-0.4, -0.2) is 12.5 Å². The summed E-state index contributed by atoms with van der Waals surface area (Å²) >= 11 is 5.96. The summed E-state index contributed by atoms with van der Waals surface area (Å²) in [5, 5.41) is 3.84. The Morgan fingerprint density at radius 3 is 2.77 bits per heavy atom. The Kier molecular flexibility index (Phi) is 5.28. The zero-order chi connectivity index (χ0) is 18.7. The van der Waals surface area contributed by atoms with E-state index in [1.807, 2.05) is 13.8 Å². The molecule has 0 aliphatic rings. The van der Waals surface area contributed by atoms with Gasteiger partial charge in [-0.25, -0.2) is 4.79 Å². The molecule has 2 aromatic carbocycles. The van der Waals surface area contributed by atoms with Crippen molar-refractivity contribution in [3.8, 4) is 5.75 Å². The van der Waals surface area contributed by atoms with E-state index >= 15 is 0 Å². The Hall–Kier alpha value is -2.79. The number of fused-ring (bicyclic) bond motifs is 1. The summed E-state index contributed by atoms with van der Waals surface area (Å²) in [5.74, 6) is 0.0755. The molecule has 1 heterocycles. The second-order valence-electron chi connectivity index (χ2n) is 5.91. The van der Waals surface area contributed by atoms with Gasteiger partial charge in [0.05, 0.1) is 6.61 Å². The van der Waals surface area contributed by atoms with Crippen LogP contribution in [0.2, 0.25) is 5.02 Å². The normalized spacial score (nSPS) is 10.7. The van der Waals surface area contributed by atoms with E-state index < -0.39 is 11.5 Å². The largest absolute Gasteiger partial charge is 0.493 e. The molecule has 0 radical (unpaired) electrons. The van der Waals surface area contributed by atoms with Crippen molar-refractivity contribution in [2.75, 3.05) is 11.9 Å². The molecule has 3 aromatic rings. The van der Waals surface area contributed by atoms with Gasteiger partial charge in [0.1, 0.15) is 16.9 Å². The molecular formula is C20H18ClNO4. The number of amides is 1. The SMILES string of the molecule is CCCOc1ccc2cc(C(=O)Nc3cc(Cl)ccc3C)c(=O)oc2c1. The lowest BCUT2D eigenvalue weighted by Crippen LogP contribution is -2.21. The minimum Gasteiger partial charge on any atom is -0.493 e. The maximum atomic E-state index is 12.5. The fraction of sp³-hybridized carbons (Fsp3) is 0.200. The topological polar surface area (TPSA) is 68.5 Å².